The van der Waals surface area contributed by atoms with Crippen LogP contribution in [-0.4, -0.2) is 57.3 Å². The van der Waals surface area contributed by atoms with Gasteiger partial charge in [-0.25, -0.2) is 0 Å². The lowest BCUT2D eigenvalue weighted by molar-refractivity contribution is -0.385. The van der Waals surface area contributed by atoms with E-state index >= 15 is 0 Å². The van der Waals surface area contributed by atoms with Crippen molar-refractivity contribution in [3.05, 3.63) is 112 Å². The molecule has 3 aromatic rings. The highest BCUT2D eigenvalue weighted by molar-refractivity contribution is 5.84. The number of nitro benzene ring substituents is 1. The van der Waals surface area contributed by atoms with Crippen LogP contribution >= 0.6 is 0 Å². The van der Waals surface area contributed by atoms with Crippen molar-refractivity contribution in [1.29, 1.82) is 0 Å². The number of nitrogens with two attached hydrogens (primary N) is 1. The largest absolute Gasteiger partial charge is 0.481 e. The minimum Gasteiger partial charge on any atom is -0.481 e. The standard InChI is InChI=1S/C37H46N4O6/c1-3-4-5-12-21-36(34(42)43)25(2)39-33(38)37(35(44)45,32(36)28-18-13-19-30(23-28)41(46)47)29-20-22-40(24-29)31(26-14-8-6-9-15-26)27-16-10-7-11-17-27/h6-11,13-19,23,25,29,31-33,39H,3-5,12,20-22,24,38H2,1-2H3,(H,42,43)(H,44,45). The highest BCUT2D eigenvalue weighted by Gasteiger charge is 2.70. The predicted molar refractivity (Wildman–Crippen MR) is 180 cm³/mol. The van der Waals surface area contributed by atoms with Crippen molar-refractivity contribution in [3.8, 4) is 0 Å². The first-order valence-corrected chi connectivity index (χ1v) is 16.7. The summed E-state index contributed by atoms with van der Waals surface area (Å²) in [5.74, 6) is -4.02. The van der Waals surface area contributed by atoms with E-state index in [0.29, 0.717) is 31.5 Å². The van der Waals surface area contributed by atoms with E-state index in [1.165, 1.54) is 18.2 Å². The first kappa shape index (κ1) is 34.2. The summed E-state index contributed by atoms with van der Waals surface area (Å²) >= 11 is 0. The molecule has 10 nitrogen and oxygen atoms in total. The maximum atomic E-state index is 14.0. The zero-order valence-electron chi connectivity index (χ0n) is 27.1. The van der Waals surface area contributed by atoms with Gasteiger partial charge in [0.15, 0.2) is 0 Å². The summed E-state index contributed by atoms with van der Waals surface area (Å²) < 4.78 is 0. The zero-order valence-corrected chi connectivity index (χ0v) is 27.1. The van der Waals surface area contributed by atoms with Crippen LogP contribution in [0.15, 0.2) is 84.9 Å². The molecule has 0 spiro atoms. The average molecular weight is 643 g/mol. The summed E-state index contributed by atoms with van der Waals surface area (Å²) in [6.07, 6.45) is 2.79. The summed E-state index contributed by atoms with van der Waals surface area (Å²) in [7, 11) is 0. The fourth-order valence-corrected chi connectivity index (χ4v) is 8.64. The molecule has 2 heterocycles. The number of nitrogens with one attached hydrogen (secondary N) is 1. The topological polar surface area (TPSA) is 159 Å². The van der Waals surface area contributed by atoms with Gasteiger partial charge in [-0.3, -0.25) is 29.9 Å². The minimum absolute atomic E-state index is 0.158. The summed E-state index contributed by atoms with van der Waals surface area (Å²) in [4.78, 5) is 41.4. The van der Waals surface area contributed by atoms with Crippen molar-refractivity contribution in [2.24, 2.45) is 22.5 Å². The second kappa shape index (κ2) is 14.3. The van der Waals surface area contributed by atoms with Gasteiger partial charge in [0, 0.05) is 30.6 Å². The molecule has 2 fully saturated rings. The molecule has 0 bridgehead atoms. The van der Waals surface area contributed by atoms with Crippen molar-refractivity contribution in [2.75, 3.05) is 13.1 Å². The summed E-state index contributed by atoms with van der Waals surface area (Å²) in [6.45, 7) is 4.74. The Morgan fingerprint density at radius 3 is 2.17 bits per heavy atom. The number of aliphatic carboxylic acids is 2. The van der Waals surface area contributed by atoms with Crippen LogP contribution in [0.4, 0.5) is 5.69 Å². The van der Waals surface area contributed by atoms with Crippen molar-refractivity contribution < 1.29 is 24.7 Å². The number of rotatable bonds is 13. The number of nitro groups is 1. The predicted octanol–water partition coefficient (Wildman–Crippen LogP) is 6.18. The van der Waals surface area contributed by atoms with Gasteiger partial charge in [-0.1, -0.05) is 105 Å². The summed E-state index contributed by atoms with van der Waals surface area (Å²) in [6, 6.07) is 25.1. The van der Waals surface area contributed by atoms with Gasteiger partial charge in [0.2, 0.25) is 0 Å². The van der Waals surface area contributed by atoms with Crippen LogP contribution in [-0.2, 0) is 9.59 Å². The number of piperidine rings is 1. The van der Waals surface area contributed by atoms with E-state index in [2.05, 4.69) is 41.4 Å². The fourth-order valence-electron chi connectivity index (χ4n) is 8.64. The number of hydrogen-bond acceptors (Lipinski definition) is 7. The number of benzene rings is 3. The van der Waals surface area contributed by atoms with Crippen LogP contribution in [0.2, 0.25) is 0 Å². The van der Waals surface area contributed by atoms with E-state index in [0.717, 1.165) is 30.4 Å². The Morgan fingerprint density at radius 1 is 0.979 bits per heavy atom. The van der Waals surface area contributed by atoms with Gasteiger partial charge in [-0.05, 0) is 48.9 Å². The molecule has 0 amide bonds. The van der Waals surface area contributed by atoms with Gasteiger partial charge < -0.3 is 15.9 Å². The van der Waals surface area contributed by atoms with Gasteiger partial charge in [-0.15, -0.1) is 0 Å². The van der Waals surface area contributed by atoms with Gasteiger partial charge in [0.05, 0.1) is 22.5 Å². The summed E-state index contributed by atoms with van der Waals surface area (Å²) in [5.41, 5.74) is 5.76. The number of carboxylic acid groups (broad SMARTS) is 2. The SMILES string of the molecule is CCCCCCC1(C(=O)O)C(C)NC(N)C(C(=O)O)(C2CCN(C(c3ccccc3)c3ccccc3)C2)C1c1cccc([N+](=O)[O-])c1. The number of carboxylic acids is 2. The first-order valence-electron chi connectivity index (χ1n) is 16.7. The number of likely N-dealkylation sites (tertiary alicyclic amines) is 1. The maximum Gasteiger partial charge on any atom is 0.313 e. The van der Waals surface area contributed by atoms with Gasteiger partial charge in [0.25, 0.3) is 5.69 Å². The third kappa shape index (κ3) is 6.17. The molecule has 0 aliphatic carbocycles. The van der Waals surface area contributed by atoms with Gasteiger partial charge >= 0.3 is 11.9 Å². The molecule has 5 N–H and O–H groups in total. The van der Waals surface area contributed by atoms with Crippen molar-refractivity contribution in [3.63, 3.8) is 0 Å². The average Bonchev–Trinajstić information content (AvgIpc) is 3.54. The second-order valence-corrected chi connectivity index (χ2v) is 13.2. The quantitative estimate of drug-likeness (QED) is 0.0970. The molecular formula is C37H46N4O6. The first-order chi connectivity index (χ1) is 22.6. The molecular weight excluding hydrogens is 596 g/mol. The van der Waals surface area contributed by atoms with Crippen LogP contribution in [0, 0.1) is 26.9 Å². The van der Waals surface area contributed by atoms with Crippen LogP contribution in [0.5, 0.6) is 0 Å². The molecule has 0 radical (unpaired) electrons. The maximum absolute atomic E-state index is 14.0. The third-order valence-corrected chi connectivity index (χ3v) is 10.8. The molecule has 47 heavy (non-hydrogen) atoms. The van der Waals surface area contributed by atoms with Crippen LogP contribution in [0.25, 0.3) is 0 Å². The second-order valence-electron chi connectivity index (χ2n) is 13.2. The van der Waals surface area contributed by atoms with Crippen molar-refractivity contribution in [1.82, 2.24) is 10.2 Å². The molecule has 0 saturated carbocycles. The highest BCUT2D eigenvalue weighted by atomic mass is 16.6. The lowest BCUT2D eigenvalue weighted by Crippen LogP contribution is -2.74. The Kier molecular flexibility index (Phi) is 10.4. The fraction of sp³-hybridized carbons (Fsp3) is 0.459. The Hall–Kier alpha value is -4.12. The lowest BCUT2D eigenvalue weighted by Gasteiger charge is -2.59. The highest BCUT2D eigenvalue weighted by Crippen LogP contribution is 2.61. The number of carbonyl (C=O) groups is 2. The smallest absolute Gasteiger partial charge is 0.313 e. The Balaban J connectivity index is 1.68. The van der Waals surface area contributed by atoms with Gasteiger partial charge in [0.1, 0.15) is 5.41 Å². The molecule has 3 aromatic carbocycles. The zero-order chi connectivity index (χ0) is 33.8. The van der Waals surface area contributed by atoms with E-state index in [-0.39, 0.29) is 18.2 Å². The number of unbranched alkanes of at least 4 members (excludes halogenated alkanes) is 3. The molecule has 2 aliphatic heterocycles. The Labute approximate surface area is 276 Å². The van der Waals surface area contributed by atoms with Crippen molar-refractivity contribution >= 4 is 17.6 Å². The third-order valence-electron chi connectivity index (χ3n) is 10.8. The number of nitrogens with zero attached hydrogens (tertiary/aromatic N) is 2. The van der Waals surface area contributed by atoms with Crippen molar-refractivity contribution in [2.45, 2.75) is 76.5 Å². The molecule has 0 aromatic heterocycles. The van der Waals surface area contributed by atoms with Crippen LogP contribution in [0.3, 0.4) is 0 Å². The van der Waals surface area contributed by atoms with E-state index in [9.17, 15) is 29.9 Å². The van der Waals surface area contributed by atoms with Crippen LogP contribution in [0.1, 0.15) is 81.0 Å². The van der Waals surface area contributed by atoms with Gasteiger partial charge in [-0.2, -0.15) is 0 Å². The molecule has 2 saturated heterocycles. The Morgan fingerprint density at radius 2 is 1.62 bits per heavy atom. The molecule has 2 aliphatic rings. The number of hydrogen-bond donors (Lipinski definition) is 4. The monoisotopic (exact) mass is 642 g/mol. The molecule has 6 atom stereocenters. The van der Waals surface area contributed by atoms with E-state index in [1.54, 1.807) is 13.0 Å². The van der Waals surface area contributed by atoms with Crippen LogP contribution < -0.4 is 11.1 Å². The molecule has 10 heteroatoms. The summed E-state index contributed by atoms with van der Waals surface area (Å²) in [5, 5.41) is 37.8. The van der Waals surface area contributed by atoms with E-state index in [1.807, 2.05) is 36.4 Å². The minimum atomic E-state index is -1.79. The number of non-ortho nitro benzene ring substituents is 1. The molecule has 250 valence electrons. The molecule has 5 rings (SSSR count). The Bertz CT molecular complexity index is 1520. The normalized spacial score (nSPS) is 27.9. The lowest BCUT2D eigenvalue weighted by atomic mass is 9.48. The van der Waals surface area contributed by atoms with E-state index < -0.39 is 51.7 Å². The van der Waals surface area contributed by atoms with E-state index in [4.69, 9.17) is 5.73 Å². The molecule has 6 unspecified atom stereocenters.